The first-order valence-electron chi connectivity index (χ1n) is 9.83. The number of aryl methyl sites for hydroxylation is 1. The molecule has 0 unspecified atom stereocenters. The van der Waals surface area contributed by atoms with Gasteiger partial charge in [-0.2, -0.15) is 4.31 Å². The fourth-order valence-electron chi connectivity index (χ4n) is 3.40. The third-order valence-electron chi connectivity index (χ3n) is 5.01. The minimum Gasteiger partial charge on any atom is -0.408 e. The monoisotopic (exact) mass is 409 g/mol. The second-order valence-corrected chi connectivity index (χ2v) is 9.01. The highest BCUT2D eigenvalue weighted by molar-refractivity contribution is 7.89. The van der Waals surface area contributed by atoms with Crippen molar-refractivity contribution in [2.45, 2.75) is 56.9 Å². The summed E-state index contributed by atoms with van der Waals surface area (Å²) < 4.78 is 33.4. The molecule has 0 saturated carbocycles. The van der Waals surface area contributed by atoms with Gasteiger partial charge in [0.05, 0.1) is 10.4 Å². The van der Waals surface area contributed by atoms with E-state index in [-0.39, 0.29) is 29.4 Å². The van der Waals surface area contributed by atoms with Crippen molar-refractivity contribution >= 4 is 27.0 Å². The van der Waals surface area contributed by atoms with Crippen LogP contribution in [-0.4, -0.2) is 42.8 Å². The average Bonchev–Trinajstić information content (AvgIpc) is 3.31. The molecule has 2 heterocycles. The molecule has 0 spiro atoms. The van der Waals surface area contributed by atoms with Gasteiger partial charge in [-0.05, 0) is 31.4 Å². The Balaban J connectivity index is 1.72. The Bertz CT molecular complexity index is 987. The molecule has 8 nitrogen and oxygen atoms in total. The Hall–Kier alpha value is -2.13. The van der Waals surface area contributed by atoms with Gasteiger partial charge in [-0.3, -0.25) is 9.36 Å². The number of hydrogen-bond acceptors (Lipinski definition) is 5. The molecule has 9 heteroatoms. The minimum absolute atomic E-state index is 0.120. The van der Waals surface area contributed by atoms with Gasteiger partial charge in [-0.1, -0.05) is 19.8 Å². The number of unbranched alkanes of at least 4 members (excludes halogenated alkanes) is 2. The Kier molecular flexibility index (Phi) is 6.56. The number of sulfonamides is 1. The van der Waals surface area contributed by atoms with Crippen molar-refractivity contribution in [3.05, 3.63) is 28.7 Å². The van der Waals surface area contributed by atoms with E-state index in [1.165, 1.54) is 21.0 Å². The number of fused-ring (bicyclic) bond motifs is 1. The number of carbonyl (C=O) groups excluding carboxylic acids is 1. The molecule has 154 valence electrons. The lowest BCUT2D eigenvalue weighted by molar-refractivity contribution is -0.121. The smallest absolute Gasteiger partial charge is 0.408 e. The summed E-state index contributed by atoms with van der Waals surface area (Å²) in [6.45, 7) is 3.94. The summed E-state index contributed by atoms with van der Waals surface area (Å²) in [7, 11) is -3.58. The molecule has 0 radical (unpaired) electrons. The summed E-state index contributed by atoms with van der Waals surface area (Å²) in [5, 5.41) is 2.84. The van der Waals surface area contributed by atoms with Crippen LogP contribution in [0.2, 0.25) is 0 Å². The topological polar surface area (TPSA) is 102 Å². The van der Waals surface area contributed by atoms with E-state index in [0.29, 0.717) is 25.2 Å². The largest absolute Gasteiger partial charge is 0.419 e. The quantitative estimate of drug-likeness (QED) is 0.639. The molecule has 0 bridgehead atoms. The SMILES string of the molecule is CCCCCNC(=O)CCn1c(=O)oc2cc(S(=O)(=O)N3CCCC3)ccc21. The number of nitrogens with one attached hydrogen (secondary N) is 1. The van der Waals surface area contributed by atoms with E-state index in [4.69, 9.17) is 4.42 Å². The minimum atomic E-state index is -3.58. The fourth-order valence-corrected chi connectivity index (χ4v) is 4.93. The predicted molar refractivity (Wildman–Crippen MR) is 106 cm³/mol. The summed E-state index contributed by atoms with van der Waals surface area (Å²) in [6, 6.07) is 4.46. The molecule has 1 N–H and O–H groups in total. The lowest BCUT2D eigenvalue weighted by Crippen LogP contribution is -2.27. The van der Waals surface area contributed by atoms with Gasteiger partial charge in [0.15, 0.2) is 5.58 Å². The molecule has 28 heavy (non-hydrogen) atoms. The number of amides is 1. The Labute approximate surface area is 164 Å². The van der Waals surface area contributed by atoms with Crippen molar-refractivity contribution in [3.8, 4) is 0 Å². The summed E-state index contributed by atoms with van der Waals surface area (Å²) in [6.07, 6.45) is 4.96. The van der Waals surface area contributed by atoms with E-state index in [0.717, 1.165) is 32.1 Å². The second-order valence-electron chi connectivity index (χ2n) is 7.07. The van der Waals surface area contributed by atoms with Crippen molar-refractivity contribution in [1.29, 1.82) is 0 Å². The number of aromatic nitrogens is 1. The van der Waals surface area contributed by atoms with Crippen LogP contribution in [0.1, 0.15) is 45.4 Å². The Morgan fingerprint density at radius 3 is 2.68 bits per heavy atom. The van der Waals surface area contributed by atoms with Gasteiger partial charge in [-0.25, -0.2) is 13.2 Å². The molecule has 3 rings (SSSR count). The molecule has 0 aliphatic carbocycles. The van der Waals surface area contributed by atoms with Crippen LogP contribution in [0.15, 0.2) is 32.3 Å². The van der Waals surface area contributed by atoms with Gasteiger partial charge < -0.3 is 9.73 Å². The summed E-state index contributed by atoms with van der Waals surface area (Å²) in [5.74, 6) is -0.713. The van der Waals surface area contributed by atoms with Crippen LogP contribution >= 0.6 is 0 Å². The molecular weight excluding hydrogens is 382 g/mol. The first-order valence-corrected chi connectivity index (χ1v) is 11.3. The lowest BCUT2D eigenvalue weighted by Gasteiger charge is -2.15. The number of rotatable bonds is 9. The zero-order valence-corrected chi connectivity index (χ0v) is 17.0. The zero-order valence-electron chi connectivity index (χ0n) is 16.1. The normalized spacial score (nSPS) is 15.3. The maximum Gasteiger partial charge on any atom is 0.419 e. The lowest BCUT2D eigenvalue weighted by atomic mass is 10.2. The highest BCUT2D eigenvalue weighted by Crippen LogP contribution is 2.24. The number of benzene rings is 1. The van der Waals surface area contributed by atoms with Gasteiger partial charge in [0.1, 0.15) is 0 Å². The molecule has 1 amide bonds. The highest BCUT2D eigenvalue weighted by atomic mass is 32.2. The Morgan fingerprint density at radius 1 is 1.21 bits per heavy atom. The third-order valence-corrected chi connectivity index (χ3v) is 6.90. The van der Waals surface area contributed by atoms with Gasteiger partial charge in [0.2, 0.25) is 15.9 Å². The molecule has 1 aliphatic heterocycles. The molecule has 0 atom stereocenters. The number of oxazole rings is 1. The molecular formula is C19H27N3O5S. The van der Waals surface area contributed by atoms with E-state index in [1.54, 1.807) is 6.07 Å². The van der Waals surface area contributed by atoms with Crippen LogP contribution in [0.5, 0.6) is 0 Å². The first kappa shape index (κ1) is 20.6. The number of carbonyl (C=O) groups is 1. The summed E-state index contributed by atoms with van der Waals surface area (Å²) in [4.78, 5) is 24.2. The number of hydrogen-bond donors (Lipinski definition) is 1. The first-order chi connectivity index (χ1) is 13.4. The van der Waals surface area contributed by atoms with Gasteiger partial charge >= 0.3 is 5.76 Å². The summed E-state index contributed by atoms with van der Waals surface area (Å²) >= 11 is 0. The van der Waals surface area contributed by atoms with Crippen molar-refractivity contribution in [3.63, 3.8) is 0 Å². The molecule has 1 saturated heterocycles. The second kappa shape index (κ2) is 8.91. The molecule has 2 aromatic rings. The van der Waals surface area contributed by atoms with E-state index in [1.807, 2.05) is 0 Å². The van der Waals surface area contributed by atoms with Crippen LogP contribution in [0.25, 0.3) is 11.1 Å². The van der Waals surface area contributed by atoms with Crippen molar-refractivity contribution in [2.24, 2.45) is 0 Å². The van der Waals surface area contributed by atoms with Gasteiger partial charge in [0, 0.05) is 38.7 Å². The van der Waals surface area contributed by atoms with Crippen molar-refractivity contribution < 1.29 is 17.6 Å². The third kappa shape index (κ3) is 4.47. The summed E-state index contributed by atoms with van der Waals surface area (Å²) in [5.41, 5.74) is 0.706. The van der Waals surface area contributed by atoms with Crippen LogP contribution in [0.3, 0.4) is 0 Å². The molecule has 1 aromatic heterocycles. The average molecular weight is 410 g/mol. The maximum atomic E-state index is 12.7. The molecule has 1 aliphatic rings. The van der Waals surface area contributed by atoms with E-state index < -0.39 is 15.8 Å². The maximum absolute atomic E-state index is 12.7. The van der Waals surface area contributed by atoms with Crippen LogP contribution in [0.4, 0.5) is 0 Å². The molecule has 1 aromatic carbocycles. The predicted octanol–water partition coefficient (Wildman–Crippen LogP) is 2.08. The van der Waals surface area contributed by atoms with Crippen molar-refractivity contribution in [1.82, 2.24) is 14.2 Å². The van der Waals surface area contributed by atoms with Gasteiger partial charge in [0.25, 0.3) is 0 Å². The van der Waals surface area contributed by atoms with Crippen molar-refractivity contribution in [2.75, 3.05) is 19.6 Å². The van der Waals surface area contributed by atoms with E-state index >= 15 is 0 Å². The number of nitrogens with zero attached hydrogens (tertiary/aromatic N) is 2. The van der Waals surface area contributed by atoms with E-state index in [2.05, 4.69) is 12.2 Å². The fraction of sp³-hybridized carbons (Fsp3) is 0.579. The van der Waals surface area contributed by atoms with E-state index in [9.17, 15) is 18.0 Å². The van der Waals surface area contributed by atoms with Crippen LogP contribution in [0, 0.1) is 0 Å². The van der Waals surface area contributed by atoms with Crippen LogP contribution < -0.4 is 11.1 Å². The Morgan fingerprint density at radius 2 is 1.96 bits per heavy atom. The van der Waals surface area contributed by atoms with Crippen LogP contribution in [-0.2, 0) is 21.4 Å². The zero-order chi connectivity index (χ0) is 20.1. The standard InChI is InChI=1S/C19H27N3O5S/c1-2-3-4-10-20-18(23)9-13-22-16-8-7-15(14-17(16)27-19(22)24)28(25,26)21-11-5-6-12-21/h7-8,14H,2-6,9-13H2,1H3,(H,20,23). The highest BCUT2D eigenvalue weighted by Gasteiger charge is 2.28. The molecule has 1 fully saturated rings. The van der Waals surface area contributed by atoms with Gasteiger partial charge in [-0.15, -0.1) is 0 Å².